The lowest BCUT2D eigenvalue weighted by Gasteiger charge is -2.12. The zero-order valence-electron chi connectivity index (χ0n) is 10.4. The fraction of sp³-hybridized carbons (Fsp3) is 0.400. The third kappa shape index (κ3) is 2.47. The number of nitrogens with two attached hydrogens (primary N) is 1. The summed E-state index contributed by atoms with van der Waals surface area (Å²) in [6, 6.07) is 0. The molecule has 8 nitrogen and oxygen atoms in total. The molecular weight excluding hydrogens is 238 g/mol. The molecule has 0 saturated carbocycles. The fourth-order valence-electron chi connectivity index (χ4n) is 1.44. The molecule has 0 radical (unpaired) electrons. The van der Waals surface area contributed by atoms with Crippen LogP contribution in [0.4, 0.5) is 11.5 Å². The van der Waals surface area contributed by atoms with E-state index in [0.717, 1.165) is 4.57 Å². The average molecular weight is 253 g/mol. The highest BCUT2D eigenvalue weighted by molar-refractivity contribution is 5.80. The molecule has 0 aliphatic heterocycles. The van der Waals surface area contributed by atoms with Gasteiger partial charge in [0, 0.05) is 20.3 Å². The van der Waals surface area contributed by atoms with Crippen molar-refractivity contribution in [2.24, 2.45) is 24.8 Å². The predicted octanol–water partition coefficient (Wildman–Crippen LogP) is -1.30. The van der Waals surface area contributed by atoms with Crippen molar-refractivity contribution in [3.8, 4) is 0 Å². The molecule has 0 aliphatic carbocycles. The van der Waals surface area contributed by atoms with Gasteiger partial charge in [-0.1, -0.05) is 0 Å². The molecule has 0 aromatic carbocycles. The summed E-state index contributed by atoms with van der Waals surface area (Å²) in [5.41, 5.74) is 4.02. The van der Waals surface area contributed by atoms with Gasteiger partial charge in [0.2, 0.25) is 5.91 Å². The van der Waals surface area contributed by atoms with Gasteiger partial charge in [-0.15, -0.1) is 0 Å². The van der Waals surface area contributed by atoms with E-state index in [2.05, 4.69) is 10.3 Å². The molecule has 1 aromatic rings. The molecule has 18 heavy (non-hydrogen) atoms. The second kappa shape index (κ2) is 5.30. The largest absolute Gasteiger partial charge is 0.369 e. The van der Waals surface area contributed by atoms with Crippen LogP contribution in [0.15, 0.2) is 14.6 Å². The number of hydrogen-bond acceptors (Lipinski definition) is 5. The van der Waals surface area contributed by atoms with Gasteiger partial charge in [-0.05, 0) is 6.92 Å². The van der Waals surface area contributed by atoms with Gasteiger partial charge >= 0.3 is 5.69 Å². The van der Waals surface area contributed by atoms with Crippen molar-refractivity contribution in [3.63, 3.8) is 0 Å². The highest BCUT2D eigenvalue weighted by atomic mass is 16.2. The van der Waals surface area contributed by atoms with Crippen LogP contribution in [0.25, 0.3) is 0 Å². The Bertz CT molecular complexity index is 611. The van der Waals surface area contributed by atoms with Gasteiger partial charge in [-0.3, -0.25) is 18.7 Å². The molecule has 0 saturated heterocycles. The SMILES string of the molecule is C/C=N\c1c(NCC(N)=O)c(=O)n(C)c(=O)n1C. The molecule has 8 heteroatoms. The zero-order valence-corrected chi connectivity index (χ0v) is 10.4. The molecule has 1 aromatic heterocycles. The van der Waals surface area contributed by atoms with Gasteiger partial charge in [0.25, 0.3) is 5.56 Å². The van der Waals surface area contributed by atoms with Crippen LogP contribution >= 0.6 is 0 Å². The third-order valence-electron chi connectivity index (χ3n) is 2.32. The average Bonchev–Trinajstić information content (AvgIpc) is 2.32. The maximum absolute atomic E-state index is 11.9. The van der Waals surface area contributed by atoms with E-state index in [-0.39, 0.29) is 18.1 Å². The van der Waals surface area contributed by atoms with E-state index in [1.807, 2.05) is 0 Å². The predicted molar refractivity (Wildman–Crippen MR) is 68.4 cm³/mol. The molecule has 3 N–H and O–H groups in total. The summed E-state index contributed by atoms with van der Waals surface area (Å²) in [4.78, 5) is 38.3. The number of carbonyl (C=O) groups excluding carboxylic acids is 1. The van der Waals surface area contributed by atoms with Gasteiger partial charge in [0.1, 0.15) is 5.69 Å². The van der Waals surface area contributed by atoms with E-state index < -0.39 is 17.2 Å². The molecule has 0 bridgehead atoms. The van der Waals surface area contributed by atoms with Crippen LogP contribution in [0.1, 0.15) is 6.92 Å². The van der Waals surface area contributed by atoms with Crippen molar-refractivity contribution in [2.75, 3.05) is 11.9 Å². The van der Waals surface area contributed by atoms with E-state index >= 15 is 0 Å². The number of amides is 1. The first-order valence-electron chi connectivity index (χ1n) is 5.21. The summed E-state index contributed by atoms with van der Waals surface area (Å²) in [5.74, 6) is -0.454. The number of aliphatic imine (C=N–C) groups is 1. The van der Waals surface area contributed by atoms with E-state index in [4.69, 9.17) is 5.73 Å². The number of rotatable bonds is 4. The van der Waals surface area contributed by atoms with E-state index in [0.29, 0.717) is 0 Å². The molecule has 0 atom stereocenters. The standard InChI is InChI=1S/C10H15N5O3/c1-4-12-8-7(13-5-6(11)16)9(17)15(3)10(18)14(8)2/h4,13H,5H2,1-3H3,(H2,11,16)/b12-4-. The van der Waals surface area contributed by atoms with Crippen LogP contribution in [-0.4, -0.2) is 27.8 Å². The highest BCUT2D eigenvalue weighted by Crippen LogP contribution is 2.17. The smallest absolute Gasteiger partial charge is 0.332 e. The second-order valence-electron chi connectivity index (χ2n) is 3.61. The minimum absolute atomic E-state index is 0.0662. The van der Waals surface area contributed by atoms with Crippen molar-refractivity contribution in [1.29, 1.82) is 0 Å². The molecule has 98 valence electrons. The van der Waals surface area contributed by atoms with Crippen molar-refractivity contribution >= 4 is 23.6 Å². The maximum Gasteiger partial charge on any atom is 0.332 e. The van der Waals surface area contributed by atoms with Gasteiger partial charge in [-0.2, -0.15) is 0 Å². The van der Waals surface area contributed by atoms with Crippen molar-refractivity contribution in [1.82, 2.24) is 9.13 Å². The summed E-state index contributed by atoms with van der Waals surface area (Å²) >= 11 is 0. The number of carbonyl (C=O) groups is 1. The zero-order chi connectivity index (χ0) is 13.9. The van der Waals surface area contributed by atoms with Crippen molar-refractivity contribution in [2.45, 2.75) is 6.92 Å². The lowest BCUT2D eigenvalue weighted by atomic mass is 10.4. The van der Waals surface area contributed by atoms with Crippen LogP contribution < -0.4 is 22.3 Å². The van der Waals surface area contributed by atoms with Crippen LogP contribution in [0.2, 0.25) is 0 Å². The first-order valence-corrected chi connectivity index (χ1v) is 5.21. The maximum atomic E-state index is 11.9. The minimum atomic E-state index is -0.614. The third-order valence-corrected chi connectivity index (χ3v) is 2.32. The Labute approximate surface area is 103 Å². The summed E-state index contributed by atoms with van der Waals surface area (Å²) in [7, 11) is 2.83. The van der Waals surface area contributed by atoms with Crippen molar-refractivity contribution in [3.05, 3.63) is 20.8 Å². The monoisotopic (exact) mass is 253 g/mol. The Morgan fingerprint density at radius 3 is 2.50 bits per heavy atom. The molecule has 0 unspecified atom stereocenters. The number of nitrogens with zero attached hydrogens (tertiary/aromatic N) is 3. The van der Waals surface area contributed by atoms with Crippen LogP contribution in [0.3, 0.4) is 0 Å². The molecule has 1 heterocycles. The van der Waals surface area contributed by atoms with Crippen LogP contribution in [0.5, 0.6) is 0 Å². The van der Waals surface area contributed by atoms with Crippen molar-refractivity contribution < 1.29 is 4.79 Å². The Morgan fingerprint density at radius 1 is 1.39 bits per heavy atom. The number of nitrogens with one attached hydrogen (secondary N) is 1. The molecule has 1 amide bonds. The Morgan fingerprint density at radius 2 is 2.00 bits per heavy atom. The van der Waals surface area contributed by atoms with Gasteiger partial charge in [0.05, 0.1) is 6.54 Å². The lowest BCUT2D eigenvalue weighted by molar-refractivity contribution is -0.116. The minimum Gasteiger partial charge on any atom is -0.369 e. The van der Waals surface area contributed by atoms with E-state index in [1.165, 1.54) is 24.9 Å². The van der Waals surface area contributed by atoms with Gasteiger partial charge < -0.3 is 11.1 Å². The number of hydrogen-bond donors (Lipinski definition) is 2. The number of aromatic nitrogens is 2. The van der Waals surface area contributed by atoms with Gasteiger partial charge in [0.15, 0.2) is 5.82 Å². The second-order valence-corrected chi connectivity index (χ2v) is 3.61. The number of anilines is 1. The molecule has 1 rings (SSSR count). The summed E-state index contributed by atoms with van der Waals surface area (Å²) in [5, 5.41) is 2.59. The van der Waals surface area contributed by atoms with Gasteiger partial charge in [-0.25, -0.2) is 9.79 Å². The molecule has 0 aliphatic rings. The Hall–Kier alpha value is -2.38. The Kier molecular flexibility index (Phi) is 4.03. The van der Waals surface area contributed by atoms with E-state index in [9.17, 15) is 14.4 Å². The fourth-order valence-corrected chi connectivity index (χ4v) is 1.44. The highest BCUT2D eigenvalue weighted by Gasteiger charge is 2.14. The summed E-state index contributed by atoms with van der Waals surface area (Å²) < 4.78 is 2.14. The first kappa shape index (κ1) is 13.7. The lowest BCUT2D eigenvalue weighted by Crippen LogP contribution is -2.39. The van der Waals surface area contributed by atoms with Crippen LogP contribution in [-0.2, 0) is 18.9 Å². The topological polar surface area (TPSA) is 111 Å². The normalized spacial score (nSPS) is 10.8. The number of primary amides is 1. The summed E-state index contributed by atoms with van der Waals surface area (Å²) in [6.45, 7) is 1.44. The first-order chi connectivity index (χ1) is 8.40. The molecule has 0 fully saturated rings. The van der Waals surface area contributed by atoms with E-state index in [1.54, 1.807) is 6.92 Å². The quantitative estimate of drug-likeness (QED) is 0.650. The molecule has 0 spiro atoms. The van der Waals surface area contributed by atoms with Crippen LogP contribution in [0, 0.1) is 0 Å². The summed E-state index contributed by atoms with van der Waals surface area (Å²) in [6.07, 6.45) is 1.45. The molecular formula is C10H15N5O3. The Balaban J connectivity index is 3.51.